The van der Waals surface area contributed by atoms with Crippen molar-refractivity contribution in [2.75, 3.05) is 0 Å². The van der Waals surface area contributed by atoms with Crippen molar-refractivity contribution >= 4 is 0 Å². The van der Waals surface area contributed by atoms with Gasteiger partial charge in [0.1, 0.15) is 0 Å². The molecule has 0 amide bonds. The van der Waals surface area contributed by atoms with Gasteiger partial charge in [0.15, 0.2) is 0 Å². The standard InChI is InChI=1S/C9H14F2/c1-8(2)6-3-4-7(8)9(10,11)5-6/h6-7H,3-5H2,1-2H3. The molecule has 0 aromatic heterocycles. The van der Waals surface area contributed by atoms with Crippen molar-refractivity contribution in [1.29, 1.82) is 0 Å². The average Bonchev–Trinajstić information content (AvgIpc) is 2.15. The molecule has 2 heteroatoms. The van der Waals surface area contributed by atoms with Crippen molar-refractivity contribution in [2.45, 2.75) is 39.0 Å². The number of fused-ring (bicyclic) bond motifs is 2. The predicted molar refractivity (Wildman–Crippen MR) is 39.6 cm³/mol. The summed E-state index contributed by atoms with van der Waals surface area (Å²) >= 11 is 0. The SMILES string of the molecule is CC1(C)C2CCC1C(F)(F)C2. The molecule has 11 heavy (non-hydrogen) atoms. The van der Waals surface area contributed by atoms with E-state index in [1.54, 1.807) is 0 Å². The second-order valence-corrected chi connectivity index (χ2v) is 4.61. The number of alkyl halides is 2. The van der Waals surface area contributed by atoms with Gasteiger partial charge in [-0.05, 0) is 24.2 Å². The summed E-state index contributed by atoms with van der Waals surface area (Å²) in [4.78, 5) is 0. The minimum Gasteiger partial charge on any atom is -0.207 e. The zero-order valence-corrected chi connectivity index (χ0v) is 7.03. The molecule has 0 nitrogen and oxygen atoms in total. The summed E-state index contributed by atoms with van der Waals surface area (Å²) in [5.74, 6) is -2.41. The molecule has 2 rings (SSSR count). The molecule has 2 fully saturated rings. The highest BCUT2D eigenvalue weighted by atomic mass is 19.3. The fourth-order valence-electron chi connectivity index (χ4n) is 2.99. The Morgan fingerprint density at radius 2 is 1.82 bits per heavy atom. The maximum absolute atomic E-state index is 13.1. The van der Waals surface area contributed by atoms with Crippen LogP contribution in [-0.2, 0) is 0 Å². The molecule has 0 aliphatic heterocycles. The fraction of sp³-hybridized carbons (Fsp3) is 1.00. The predicted octanol–water partition coefficient (Wildman–Crippen LogP) is 3.08. The van der Waals surface area contributed by atoms with Gasteiger partial charge < -0.3 is 0 Å². The third kappa shape index (κ3) is 0.785. The first-order valence-corrected chi connectivity index (χ1v) is 4.32. The van der Waals surface area contributed by atoms with E-state index in [4.69, 9.17) is 0 Å². The molecule has 2 bridgehead atoms. The molecule has 2 atom stereocenters. The first-order chi connectivity index (χ1) is 4.94. The van der Waals surface area contributed by atoms with Gasteiger partial charge in [-0.3, -0.25) is 0 Å². The lowest BCUT2D eigenvalue weighted by molar-refractivity contribution is -0.0627. The third-order valence-electron chi connectivity index (χ3n) is 3.78. The monoisotopic (exact) mass is 160 g/mol. The highest BCUT2D eigenvalue weighted by molar-refractivity contribution is 5.06. The highest BCUT2D eigenvalue weighted by Crippen LogP contribution is 2.63. The average molecular weight is 160 g/mol. The summed E-state index contributed by atoms with van der Waals surface area (Å²) in [7, 11) is 0. The first kappa shape index (κ1) is 7.51. The van der Waals surface area contributed by atoms with Crippen molar-refractivity contribution in [3.05, 3.63) is 0 Å². The summed E-state index contributed by atoms with van der Waals surface area (Å²) < 4.78 is 26.3. The molecule has 2 saturated carbocycles. The van der Waals surface area contributed by atoms with Crippen LogP contribution in [0.15, 0.2) is 0 Å². The lowest BCUT2D eigenvalue weighted by Gasteiger charge is -2.25. The summed E-state index contributed by atoms with van der Waals surface area (Å²) in [5.41, 5.74) is -0.0938. The van der Waals surface area contributed by atoms with E-state index in [0.717, 1.165) is 12.8 Å². The van der Waals surface area contributed by atoms with E-state index in [0.29, 0.717) is 0 Å². The number of rotatable bonds is 0. The van der Waals surface area contributed by atoms with Gasteiger partial charge in [-0.1, -0.05) is 13.8 Å². The second-order valence-electron chi connectivity index (χ2n) is 4.61. The number of halogens is 2. The maximum atomic E-state index is 13.1. The molecule has 0 heterocycles. The topological polar surface area (TPSA) is 0 Å². The number of hydrogen-bond acceptors (Lipinski definition) is 0. The molecule has 64 valence electrons. The van der Waals surface area contributed by atoms with Gasteiger partial charge in [0.05, 0.1) is 0 Å². The molecule has 0 radical (unpaired) electrons. The van der Waals surface area contributed by atoms with E-state index >= 15 is 0 Å². The maximum Gasteiger partial charge on any atom is 0.251 e. The Morgan fingerprint density at radius 3 is 2.00 bits per heavy atom. The Hall–Kier alpha value is -0.140. The fourth-order valence-corrected chi connectivity index (χ4v) is 2.99. The van der Waals surface area contributed by atoms with Gasteiger partial charge in [-0.25, -0.2) is 8.78 Å². The van der Waals surface area contributed by atoms with Gasteiger partial charge in [-0.2, -0.15) is 0 Å². The van der Waals surface area contributed by atoms with Gasteiger partial charge in [0.2, 0.25) is 0 Å². The minimum absolute atomic E-state index is 0.0938. The lowest BCUT2D eigenvalue weighted by atomic mass is 9.82. The summed E-state index contributed by atoms with van der Waals surface area (Å²) in [5, 5.41) is 0. The van der Waals surface area contributed by atoms with Crippen molar-refractivity contribution in [1.82, 2.24) is 0 Å². The Bertz CT molecular complexity index is 184. The molecule has 2 unspecified atom stereocenters. The molecule has 2 aliphatic carbocycles. The van der Waals surface area contributed by atoms with Crippen LogP contribution < -0.4 is 0 Å². The van der Waals surface area contributed by atoms with E-state index < -0.39 is 5.92 Å². The quantitative estimate of drug-likeness (QED) is 0.511. The van der Waals surface area contributed by atoms with Crippen LogP contribution in [0.1, 0.15) is 33.1 Å². The normalized spacial score (nSPS) is 44.7. The second kappa shape index (κ2) is 1.78. The lowest BCUT2D eigenvalue weighted by Crippen LogP contribution is -2.28. The van der Waals surface area contributed by atoms with Crippen molar-refractivity contribution in [2.24, 2.45) is 17.3 Å². The van der Waals surface area contributed by atoms with Gasteiger partial charge >= 0.3 is 0 Å². The zero-order chi connectivity index (χ0) is 8.28. The highest BCUT2D eigenvalue weighted by Gasteiger charge is 2.62. The van der Waals surface area contributed by atoms with Crippen LogP contribution >= 0.6 is 0 Å². The van der Waals surface area contributed by atoms with Crippen molar-refractivity contribution in [3.63, 3.8) is 0 Å². The zero-order valence-electron chi connectivity index (χ0n) is 7.03. The summed E-state index contributed by atoms with van der Waals surface area (Å²) in [6, 6.07) is 0. The van der Waals surface area contributed by atoms with Crippen LogP contribution in [0.3, 0.4) is 0 Å². The van der Waals surface area contributed by atoms with Crippen LogP contribution in [0.2, 0.25) is 0 Å². The van der Waals surface area contributed by atoms with Crippen molar-refractivity contribution in [3.8, 4) is 0 Å². The molecule has 0 aromatic carbocycles. The molecule has 0 N–H and O–H groups in total. The van der Waals surface area contributed by atoms with E-state index in [-0.39, 0.29) is 23.7 Å². The first-order valence-electron chi connectivity index (χ1n) is 4.32. The molecule has 0 aromatic rings. The number of hydrogen-bond donors (Lipinski definition) is 0. The Morgan fingerprint density at radius 1 is 1.18 bits per heavy atom. The Balaban J connectivity index is 2.33. The molecule has 2 aliphatic rings. The third-order valence-corrected chi connectivity index (χ3v) is 3.78. The van der Waals surface area contributed by atoms with Gasteiger partial charge in [0.25, 0.3) is 5.92 Å². The van der Waals surface area contributed by atoms with Crippen molar-refractivity contribution < 1.29 is 8.78 Å². The Labute approximate surface area is 66.0 Å². The Kier molecular flexibility index (Phi) is 1.21. The minimum atomic E-state index is -2.35. The van der Waals surface area contributed by atoms with Gasteiger partial charge in [-0.15, -0.1) is 0 Å². The van der Waals surface area contributed by atoms with E-state index in [1.807, 2.05) is 13.8 Å². The van der Waals surface area contributed by atoms with Gasteiger partial charge in [0, 0.05) is 12.3 Å². The van der Waals surface area contributed by atoms with Crippen LogP contribution in [0.5, 0.6) is 0 Å². The molecular weight excluding hydrogens is 146 g/mol. The van der Waals surface area contributed by atoms with E-state index in [9.17, 15) is 8.78 Å². The van der Waals surface area contributed by atoms with Crippen LogP contribution in [0, 0.1) is 17.3 Å². The summed E-state index contributed by atoms with van der Waals surface area (Å²) in [6.07, 6.45) is 1.91. The molecular formula is C9H14F2. The molecule has 0 saturated heterocycles. The molecule has 0 spiro atoms. The smallest absolute Gasteiger partial charge is 0.207 e. The van der Waals surface area contributed by atoms with E-state index in [2.05, 4.69) is 0 Å². The summed E-state index contributed by atoms with van der Waals surface area (Å²) in [6.45, 7) is 3.99. The largest absolute Gasteiger partial charge is 0.251 e. The van der Waals surface area contributed by atoms with E-state index in [1.165, 1.54) is 0 Å². The van der Waals surface area contributed by atoms with Crippen LogP contribution in [-0.4, -0.2) is 5.92 Å². The van der Waals surface area contributed by atoms with Crippen LogP contribution in [0.25, 0.3) is 0 Å². The van der Waals surface area contributed by atoms with Crippen LogP contribution in [0.4, 0.5) is 8.78 Å².